The van der Waals surface area contributed by atoms with Gasteiger partial charge in [0.25, 0.3) is 5.91 Å². The van der Waals surface area contributed by atoms with Crippen molar-refractivity contribution in [3.05, 3.63) is 41.5 Å². The second-order valence-corrected chi connectivity index (χ2v) is 3.56. The summed E-state index contributed by atoms with van der Waals surface area (Å²) >= 11 is 0. The van der Waals surface area contributed by atoms with Crippen LogP contribution in [0.3, 0.4) is 0 Å². The fourth-order valence-electron chi connectivity index (χ4n) is 1.36. The summed E-state index contributed by atoms with van der Waals surface area (Å²) < 4.78 is 0. The third kappa shape index (κ3) is 2.60. The molecule has 6 nitrogen and oxygen atoms in total. The van der Waals surface area contributed by atoms with E-state index in [9.17, 15) is 9.90 Å². The van der Waals surface area contributed by atoms with E-state index < -0.39 is 0 Å². The first-order valence-electron chi connectivity index (χ1n) is 5.11. The molecule has 17 heavy (non-hydrogen) atoms. The maximum absolute atomic E-state index is 11.6. The maximum atomic E-state index is 11.6. The molecule has 0 aliphatic rings. The summed E-state index contributed by atoms with van der Waals surface area (Å²) in [6.07, 6.45) is 0. The zero-order valence-corrected chi connectivity index (χ0v) is 9.27. The highest BCUT2D eigenvalue weighted by Gasteiger charge is 2.11. The van der Waals surface area contributed by atoms with E-state index in [0.29, 0.717) is 11.4 Å². The summed E-state index contributed by atoms with van der Waals surface area (Å²) in [5.41, 5.74) is 0.646. The average Bonchev–Trinajstić information content (AvgIpc) is 2.74. The lowest BCUT2D eigenvalue weighted by Gasteiger charge is -2.04. The van der Waals surface area contributed by atoms with Crippen molar-refractivity contribution in [2.24, 2.45) is 0 Å². The number of nitrogens with zero attached hydrogens (tertiary/aromatic N) is 2. The summed E-state index contributed by atoms with van der Waals surface area (Å²) in [5.74, 6) is 0.451. The van der Waals surface area contributed by atoms with Gasteiger partial charge in [0.1, 0.15) is 11.6 Å². The molecule has 1 heterocycles. The van der Waals surface area contributed by atoms with E-state index in [1.165, 1.54) is 0 Å². The molecule has 0 aliphatic carbocycles. The van der Waals surface area contributed by atoms with Crippen LogP contribution in [0.1, 0.15) is 22.0 Å². The molecule has 0 aliphatic heterocycles. The molecule has 0 saturated heterocycles. The van der Waals surface area contributed by atoms with Crippen LogP contribution in [0, 0.1) is 6.92 Å². The van der Waals surface area contributed by atoms with Crippen molar-refractivity contribution in [2.75, 3.05) is 0 Å². The van der Waals surface area contributed by atoms with Crippen LogP contribution in [0.5, 0.6) is 5.75 Å². The van der Waals surface area contributed by atoms with Crippen LogP contribution in [-0.2, 0) is 6.54 Å². The normalized spacial score (nSPS) is 10.2. The Kier molecular flexibility index (Phi) is 3.04. The van der Waals surface area contributed by atoms with Crippen molar-refractivity contribution in [3.8, 4) is 5.75 Å². The second kappa shape index (κ2) is 4.65. The van der Waals surface area contributed by atoms with Gasteiger partial charge in [-0.2, -0.15) is 0 Å². The lowest BCUT2D eigenvalue weighted by Crippen LogP contribution is -2.24. The fraction of sp³-hybridized carbons (Fsp3) is 0.182. The largest absolute Gasteiger partial charge is 0.508 e. The number of rotatable bonds is 3. The molecular formula is C11H12N4O2. The van der Waals surface area contributed by atoms with Crippen LogP contribution in [0.15, 0.2) is 24.3 Å². The highest BCUT2D eigenvalue weighted by atomic mass is 16.3. The molecule has 88 valence electrons. The molecule has 2 aromatic rings. The van der Waals surface area contributed by atoms with Crippen molar-refractivity contribution in [1.82, 2.24) is 20.5 Å². The third-order valence-corrected chi connectivity index (χ3v) is 2.23. The van der Waals surface area contributed by atoms with Crippen LogP contribution >= 0.6 is 0 Å². The number of phenolic OH excluding ortho intramolecular Hbond substituents is 1. The first-order valence-corrected chi connectivity index (χ1v) is 5.11. The van der Waals surface area contributed by atoms with Crippen molar-refractivity contribution in [3.63, 3.8) is 0 Å². The molecule has 0 bridgehead atoms. The summed E-state index contributed by atoms with van der Waals surface area (Å²) in [7, 11) is 0. The number of benzene rings is 1. The first-order chi connectivity index (χ1) is 8.16. The summed E-state index contributed by atoms with van der Waals surface area (Å²) in [4.78, 5) is 15.5. The van der Waals surface area contributed by atoms with Gasteiger partial charge in [-0.3, -0.25) is 9.89 Å². The number of hydrogen-bond acceptors (Lipinski definition) is 4. The Morgan fingerprint density at radius 3 is 2.88 bits per heavy atom. The van der Waals surface area contributed by atoms with Crippen LogP contribution in [-0.4, -0.2) is 26.2 Å². The minimum Gasteiger partial charge on any atom is -0.508 e. The lowest BCUT2D eigenvalue weighted by atomic mass is 10.2. The number of amides is 1. The molecule has 3 N–H and O–H groups in total. The summed E-state index contributed by atoms with van der Waals surface area (Å²) in [6, 6.07) is 6.81. The van der Waals surface area contributed by atoms with E-state index in [1.54, 1.807) is 31.2 Å². The van der Waals surface area contributed by atoms with Gasteiger partial charge in [0.2, 0.25) is 5.82 Å². The van der Waals surface area contributed by atoms with Gasteiger partial charge in [-0.25, -0.2) is 4.98 Å². The summed E-state index contributed by atoms with van der Waals surface area (Å²) in [5, 5.41) is 18.5. The monoisotopic (exact) mass is 232 g/mol. The van der Waals surface area contributed by atoms with Gasteiger partial charge in [-0.05, 0) is 13.0 Å². The van der Waals surface area contributed by atoms with Crippen LogP contribution in [0.2, 0.25) is 0 Å². The number of aromatic hydroxyl groups is 1. The van der Waals surface area contributed by atoms with Crippen molar-refractivity contribution in [1.29, 1.82) is 0 Å². The minimum absolute atomic E-state index is 0.0953. The zero-order chi connectivity index (χ0) is 12.3. The molecule has 1 aromatic heterocycles. The minimum atomic E-state index is -0.377. The number of aromatic amines is 1. The standard InChI is InChI=1S/C11H12N4O2/c1-7-13-10(15-14-7)11(17)12-6-8-4-2-3-5-9(8)16/h2-5,16H,6H2,1H3,(H,12,17)(H,13,14,15). The first kappa shape index (κ1) is 11.1. The lowest BCUT2D eigenvalue weighted by molar-refractivity contribution is 0.0940. The smallest absolute Gasteiger partial charge is 0.291 e. The Labute approximate surface area is 97.7 Å². The second-order valence-electron chi connectivity index (χ2n) is 3.56. The van der Waals surface area contributed by atoms with Gasteiger partial charge in [0.15, 0.2) is 0 Å². The molecule has 2 rings (SSSR count). The van der Waals surface area contributed by atoms with E-state index in [2.05, 4.69) is 20.5 Å². The van der Waals surface area contributed by atoms with Crippen molar-refractivity contribution in [2.45, 2.75) is 13.5 Å². The number of hydrogen-bond donors (Lipinski definition) is 3. The van der Waals surface area contributed by atoms with Gasteiger partial charge >= 0.3 is 0 Å². The molecule has 6 heteroatoms. The van der Waals surface area contributed by atoms with E-state index in [1.807, 2.05) is 0 Å². The Hall–Kier alpha value is -2.37. The molecule has 0 saturated carbocycles. The van der Waals surface area contributed by atoms with E-state index >= 15 is 0 Å². The zero-order valence-electron chi connectivity index (χ0n) is 9.27. The molecule has 0 radical (unpaired) electrons. The van der Waals surface area contributed by atoms with Crippen LogP contribution in [0.25, 0.3) is 0 Å². The van der Waals surface area contributed by atoms with E-state index in [4.69, 9.17) is 0 Å². The average molecular weight is 232 g/mol. The highest BCUT2D eigenvalue weighted by molar-refractivity contribution is 5.90. The quantitative estimate of drug-likeness (QED) is 0.728. The van der Waals surface area contributed by atoms with E-state index in [0.717, 1.165) is 0 Å². The third-order valence-electron chi connectivity index (χ3n) is 2.23. The number of aromatic nitrogens is 3. The van der Waals surface area contributed by atoms with Gasteiger partial charge in [0.05, 0.1) is 0 Å². The molecule has 0 fully saturated rings. The van der Waals surface area contributed by atoms with Crippen molar-refractivity contribution >= 4 is 5.91 Å². The molecule has 1 aromatic carbocycles. The molecule has 0 spiro atoms. The predicted octanol–water partition coefficient (Wildman–Crippen LogP) is 0.749. The van der Waals surface area contributed by atoms with Gasteiger partial charge in [-0.15, -0.1) is 5.10 Å². The number of nitrogens with one attached hydrogen (secondary N) is 2. The number of H-pyrrole nitrogens is 1. The SMILES string of the molecule is Cc1nc(C(=O)NCc2ccccc2O)n[nH]1. The van der Waals surface area contributed by atoms with Crippen LogP contribution in [0.4, 0.5) is 0 Å². The number of para-hydroxylation sites is 1. The molecule has 1 amide bonds. The van der Waals surface area contributed by atoms with Gasteiger partial charge in [-0.1, -0.05) is 18.2 Å². The number of carbonyl (C=O) groups is 1. The predicted molar refractivity (Wildman–Crippen MR) is 60.4 cm³/mol. The highest BCUT2D eigenvalue weighted by Crippen LogP contribution is 2.14. The molecule has 0 atom stereocenters. The Morgan fingerprint density at radius 1 is 1.47 bits per heavy atom. The number of phenols is 1. The van der Waals surface area contributed by atoms with Crippen molar-refractivity contribution < 1.29 is 9.90 Å². The Balaban J connectivity index is 1.99. The summed E-state index contributed by atoms with van der Waals surface area (Å²) in [6.45, 7) is 1.95. The van der Waals surface area contributed by atoms with E-state index in [-0.39, 0.29) is 24.0 Å². The fourth-order valence-corrected chi connectivity index (χ4v) is 1.36. The maximum Gasteiger partial charge on any atom is 0.291 e. The Morgan fingerprint density at radius 2 is 2.24 bits per heavy atom. The molecular weight excluding hydrogens is 220 g/mol. The van der Waals surface area contributed by atoms with Gasteiger partial charge < -0.3 is 10.4 Å². The molecule has 0 unspecified atom stereocenters. The topological polar surface area (TPSA) is 90.9 Å². The number of carbonyl (C=O) groups excluding carboxylic acids is 1. The van der Waals surface area contributed by atoms with Gasteiger partial charge in [0, 0.05) is 12.1 Å². The Bertz CT molecular complexity index is 536. The number of aryl methyl sites for hydroxylation is 1. The van der Waals surface area contributed by atoms with Crippen LogP contribution < -0.4 is 5.32 Å².